The highest BCUT2D eigenvalue weighted by Crippen LogP contribution is 2.02. The largest absolute Gasteiger partial charge is 0.469 e. The van der Waals surface area contributed by atoms with Gasteiger partial charge in [-0.3, -0.25) is 4.79 Å². The van der Waals surface area contributed by atoms with E-state index in [-0.39, 0.29) is 11.9 Å². The predicted octanol–water partition coefficient (Wildman–Crippen LogP) is 2.20. The third-order valence-electron chi connectivity index (χ3n) is 3.77. The maximum absolute atomic E-state index is 11.1. The second-order valence-electron chi connectivity index (χ2n) is 5.69. The summed E-state index contributed by atoms with van der Waals surface area (Å²) in [5.41, 5.74) is 6.59. The number of hydrogen-bond donors (Lipinski definition) is 2. The monoisotopic (exact) mass is 324 g/mol. The minimum Gasteiger partial charge on any atom is -0.469 e. The molecule has 0 bridgehead atoms. The Balaban J connectivity index is 0.000000515. The third-order valence-corrected chi connectivity index (χ3v) is 3.77. The summed E-state index contributed by atoms with van der Waals surface area (Å²) in [4.78, 5) is 11.1. The molecule has 0 aliphatic heterocycles. The van der Waals surface area contributed by atoms with Crippen LogP contribution in [0.5, 0.6) is 0 Å². The first-order valence-corrected chi connectivity index (χ1v) is 8.01. The van der Waals surface area contributed by atoms with Crippen molar-refractivity contribution in [1.82, 2.24) is 5.32 Å². The van der Waals surface area contributed by atoms with Gasteiger partial charge in [-0.1, -0.05) is 44.2 Å². The molecule has 23 heavy (non-hydrogen) atoms. The minimum absolute atomic E-state index is 0.0984. The second kappa shape index (κ2) is 13.0. The number of rotatable bonds is 8. The number of esters is 1. The van der Waals surface area contributed by atoms with Gasteiger partial charge in [-0.15, -0.1) is 0 Å². The highest BCUT2D eigenvalue weighted by atomic mass is 16.5. The van der Waals surface area contributed by atoms with Crippen molar-refractivity contribution >= 4 is 5.97 Å². The Morgan fingerprint density at radius 2 is 1.78 bits per heavy atom. The van der Waals surface area contributed by atoms with Gasteiger partial charge in [-0.25, -0.2) is 0 Å². The molecule has 0 saturated heterocycles. The average Bonchev–Trinajstić information content (AvgIpc) is 2.60. The highest BCUT2D eigenvalue weighted by molar-refractivity contribution is 5.72. The van der Waals surface area contributed by atoms with Gasteiger partial charge in [0, 0.05) is 20.2 Å². The van der Waals surface area contributed by atoms with E-state index in [0.29, 0.717) is 25.1 Å². The summed E-state index contributed by atoms with van der Waals surface area (Å²) in [6.07, 6.45) is 0.292. The molecule has 0 fully saturated rings. The molecule has 5 heteroatoms. The molecule has 0 amide bonds. The third kappa shape index (κ3) is 10.0. The van der Waals surface area contributed by atoms with Crippen molar-refractivity contribution in [2.24, 2.45) is 17.6 Å². The number of hydrogen-bond acceptors (Lipinski definition) is 5. The molecule has 0 aliphatic rings. The fraction of sp³-hybridized carbons (Fsp3) is 0.611. The van der Waals surface area contributed by atoms with Crippen LogP contribution in [0.1, 0.15) is 26.3 Å². The molecule has 3 atom stereocenters. The van der Waals surface area contributed by atoms with E-state index in [1.54, 1.807) is 7.11 Å². The molecule has 3 unspecified atom stereocenters. The van der Waals surface area contributed by atoms with Gasteiger partial charge in [0.1, 0.15) is 0 Å². The first-order valence-electron chi connectivity index (χ1n) is 8.01. The molecular weight excluding hydrogens is 292 g/mol. The smallest absolute Gasteiger partial charge is 0.309 e. The Morgan fingerprint density at radius 1 is 1.17 bits per heavy atom. The van der Waals surface area contributed by atoms with E-state index in [4.69, 9.17) is 10.5 Å². The maximum Gasteiger partial charge on any atom is 0.309 e. The standard InChI is InChI=1S/C12H17NO2.C6H15NO/c1-10(12(14)15-2)8-13-9-11-6-4-3-5-7-11;1-5(4-7)6(2)8-3/h3-7,10,13H,8-9H2,1-2H3;5-6H,4,7H2,1-3H3. The van der Waals surface area contributed by atoms with E-state index in [0.717, 1.165) is 6.54 Å². The first kappa shape index (κ1) is 21.6. The van der Waals surface area contributed by atoms with Crippen LogP contribution < -0.4 is 11.1 Å². The quantitative estimate of drug-likeness (QED) is 0.717. The van der Waals surface area contributed by atoms with Crippen molar-refractivity contribution in [1.29, 1.82) is 0 Å². The fourth-order valence-corrected chi connectivity index (χ4v) is 1.74. The summed E-state index contributed by atoms with van der Waals surface area (Å²) in [6.45, 7) is 8.08. The van der Waals surface area contributed by atoms with Crippen molar-refractivity contribution in [2.75, 3.05) is 27.3 Å². The SMILES string of the molecule is COC(=O)C(C)CNCc1ccccc1.COC(C)C(C)CN. The highest BCUT2D eigenvalue weighted by Gasteiger charge is 2.11. The number of nitrogens with two attached hydrogens (primary N) is 1. The number of benzene rings is 1. The van der Waals surface area contributed by atoms with Crippen LogP contribution in [0.3, 0.4) is 0 Å². The molecular formula is C18H32N2O3. The molecule has 0 radical (unpaired) electrons. The minimum atomic E-state index is -0.171. The summed E-state index contributed by atoms with van der Waals surface area (Å²) in [6, 6.07) is 10.1. The molecule has 1 aromatic carbocycles. The van der Waals surface area contributed by atoms with E-state index in [9.17, 15) is 4.79 Å². The zero-order valence-corrected chi connectivity index (χ0v) is 15.0. The van der Waals surface area contributed by atoms with Gasteiger partial charge in [0.05, 0.1) is 19.1 Å². The predicted molar refractivity (Wildman–Crippen MR) is 94.0 cm³/mol. The molecule has 0 aliphatic carbocycles. The van der Waals surface area contributed by atoms with E-state index in [1.165, 1.54) is 12.7 Å². The number of nitrogens with one attached hydrogen (secondary N) is 1. The molecule has 0 saturated carbocycles. The maximum atomic E-state index is 11.1. The lowest BCUT2D eigenvalue weighted by atomic mass is 10.1. The van der Waals surface area contributed by atoms with Crippen molar-refractivity contribution in [2.45, 2.75) is 33.4 Å². The molecule has 132 valence electrons. The summed E-state index contributed by atoms with van der Waals surface area (Å²) in [5, 5.41) is 3.22. The van der Waals surface area contributed by atoms with Crippen LogP contribution in [0.4, 0.5) is 0 Å². The van der Waals surface area contributed by atoms with Crippen LogP contribution in [0, 0.1) is 11.8 Å². The molecule has 0 heterocycles. The van der Waals surface area contributed by atoms with E-state index in [1.807, 2.05) is 32.0 Å². The molecule has 0 aromatic heterocycles. The van der Waals surface area contributed by atoms with Crippen molar-refractivity contribution in [3.8, 4) is 0 Å². The first-order chi connectivity index (χ1) is 11.0. The zero-order chi connectivity index (χ0) is 17.7. The van der Waals surface area contributed by atoms with Crippen molar-refractivity contribution in [3.05, 3.63) is 35.9 Å². The molecule has 1 aromatic rings. The van der Waals surface area contributed by atoms with Crippen LogP contribution in [-0.4, -0.2) is 39.4 Å². The topological polar surface area (TPSA) is 73.6 Å². The van der Waals surface area contributed by atoms with Crippen LogP contribution in [0.2, 0.25) is 0 Å². The van der Waals surface area contributed by atoms with Gasteiger partial charge in [-0.2, -0.15) is 0 Å². The van der Waals surface area contributed by atoms with Gasteiger partial charge in [0.2, 0.25) is 0 Å². The summed E-state index contributed by atoms with van der Waals surface area (Å²) < 4.78 is 9.66. The molecule has 1 rings (SSSR count). The Labute approximate surface area is 140 Å². The zero-order valence-electron chi connectivity index (χ0n) is 15.0. The lowest BCUT2D eigenvalue weighted by Gasteiger charge is -2.15. The van der Waals surface area contributed by atoms with Crippen LogP contribution >= 0.6 is 0 Å². The van der Waals surface area contributed by atoms with Crippen LogP contribution in [0.25, 0.3) is 0 Å². The summed E-state index contributed by atoms with van der Waals surface area (Å²) in [7, 11) is 3.12. The molecule has 0 spiro atoms. The van der Waals surface area contributed by atoms with E-state index in [2.05, 4.69) is 29.1 Å². The molecule has 5 nitrogen and oxygen atoms in total. The Bertz CT molecular complexity index is 404. The van der Waals surface area contributed by atoms with E-state index >= 15 is 0 Å². The van der Waals surface area contributed by atoms with Gasteiger partial charge in [0.25, 0.3) is 0 Å². The van der Waals surface area contributed by atoms with Crippen molar-refractivity contribution < 1.29 is 14.3 Å². The normalized spacial score (nSPS) is 14.2. The Hall–Kier alpha value is -1.43. The fourth-order valence-electron chi connectivity index (χ4n) is 1.74. The van der Waals surface area contributed by atoms with Gasteiger partial charge in [0.15, 0.2) is 0 Å². The average molecular weight is 324 g/mol. The summed E-state index contributed by atoms with van der Waals surface area (Å²) in [5.74, 6) is 0.203. The Kier molecular flexibility index (Phi) is 12.2. The summed E-state index contributed by atoms with van der Waals surface area (Å²) >= 11 is 0. The van der Waals surface area contributed by atoms with E-state index < -0.39 is 0 Å². The van der Waals surface area contributed by atoms with Crippen molar-refractivity contribution in [3.63, 3.8) is 0 Å². The van der Waals surface area contributed by atoms with Gasteiger partial charge in [-0.05, 0) is 24.9 Å². The Morgan fingerprint density at radius 3 is 2.22 bits per heavy atom. The van der Waals surface area contributed by atoms with Crippen LogP contribution in [0.15, 0.2) is 30.3 Å². The lowest BCUT2D eigenvalue weighted by Crippen LogP contribution is -2.26. The number of methoxy groups -OCH3 is 2. The number of carbonyl (C=O) groups excluding carboxylic acids is 1. The number of carbonyl (C=O) groups is 1. The van der Waals surface area contributed by atoms with Gasteiger partial charge >= 0.3 is 5.97 Å². The number of ether oxygens (including phenoxy) is 2. The van der Waals surface area contributed by atoms with Gasteiger partial charge < -0.3 is 20.5 Å². The van der Waals surface area contributed by atoms with Crippen LogP contribution in [-0.2, 0) is 20.8 Å². The second-order valence-corrected chi connectivity index (χ2v) is 5.69. The lowest BCUT2D eigenvalue weighted by molar-refractivity contribution is -0.144. The molecule has 3 N–H and O–H groups in total.